The van der Waals surface area contributed by atoms with Crippen LogP contribution in [0, 0.1) is 7.14 Å². The van der Waals surface area contributed by atoms with E-state index in [1.165, 1.54) is 0 Å². The quantitative estimate of drug-likeness (QED) is 0.173. The predicted molar refractivity (Wildman–Crippen MR) is 137 cm³/mol. The van der Waals surface area contributed by atoms with Gasteiger partial charge in [-0.05, 0) is 97.5 Å². The van der Waals surface area contributed by atoms with Crippen molar-refractivity contribution in [3.05, 3.63) is 101 Å². The van der Waals surface area contributed by atoms with E-state index in [-0.39, 0.29) is 5.70 Å². The lowest BCUT2D eigenvalue weighted by Gasteiger charge is -2.10. The van der Waals surface area contributed by atoms with Crippen LogP contribution in [-0.4, -0.2) is 11.9 Å². The Morgan fingerprint density at radius 2 is 1.77 bits per heavy atom. The van der Waals surface area contributed by atoms with Gasteiger partial charge in [0.1, 0.15) is 12.4 Å². The van der Waals surface area contributed by atoms with Gasteiger partial charge in [0.2, 0.25) is 5.90 Å². The number of para-hydroxylation sites is 1. The molecule has 0 unspecified atom stereocenters. The molecular formula is C23H14BrI2NO3. The summed E-state index contributed by atoms with van der Waals surface area (Å²) in [5, 5.41) is 0. The maximum Gasteiger partial charge on any atom is 0.363 e. The number of hydrogen-bond acceptors (Lipinski definition) is 4. The first-order valence-corrected chi connectivity index (χ1v) is 11.9. The van der Waals surface area contributed by atoms with Crippen molar-refractivity contribution in [2.75, 3.05) is 0 Å². The highest BCUT2D eigenvalue weighted by Gasteiger charge is 2.25. The Labute approximate surface area is 209 Å². The predicted octanol–water partition coefficient (Wildman–Crippen LogP) is 6.58. The molecule has 1 heterocycles. The van der Waals surface area contributed by atoms with Crippen LogP contribution in [0.2, 0.25) is 0 Å². The molecule has 7 heteroatoms. The van der Waals surface area contributed by atoms with Crippen LogP contribution in [-0.2, 0) is 16.1 Å². The third-order valence-electron chi connectivity index (χ3n) is 4.34. The van der Waals surface area contributed by atoms with Crippen LogP contribution < -0.4 is 4.74 Å². The molecule has 1 aliphatic heterocycles. The molecule has 0 saturated heterocycles. The summed E-state index contributed by atoms with van der Waals surface area (Å²) in [6, 6.07) is 21.3. The van der Waals surface area contributed by atoms with Crippen LogP contribution in [0.25, 0.3) is 6.08 Å². The summed E-state index contributed by atoms with van der Waals surface area (Å²) in [4.78, 5) is 16.8. The molecule has 30 heavy (non-hydrogen) atoms. The largest absolute Gasteiger partial charge is 0.488 e. The van der Waals surface area contributed by atoms with Crippen molar-refractivity contribution in [1.29, 1.82) is 0 Å². The van der Waals surface area contributed by atoms with E-state index in [2.05, 4.69) is 66.1 Å². The molecule has 0 fully saturated rings. The molecule has 3 aromatic carbocycles. The molecule has 0 bridgehead atoms. The second-order valence-electron chi connectivity index (χ2n) is 6.38. The fourth-order valence-corrected chi connectivity index (χ4v) is 4.07. The molecule has 0 aromatic heterocycles. The smallest absolute Gasteiger partial charge is 0.363 e. The molecule has 4 rings (SSSR count). The van der Waals surface area contributed by atoms with Gasteiger partial charge >= 0.3 is 5.97 Å². The van der Waals surface area contributed by atoms with Crippen molar-refractivity contribution >= 4 is 79.1 Å². The summed E-state index contributed by atoms with van der Waals surface area (Å²) >= 11 is 8.01. The van der Waals surface area contributed by atoms with Gasteiger partial charge in [-0.3, -0.25) is 0 Å². The number of nitrogens with zero attached hydrogens (tertiary/aromatic N) is 1. The zero-order valence-corrected chi connectivity index (χ0v) is 21.3. The molecule has 0 amide bonds. The molecule has 0 aliphatic carbocycles. The van der Waals surface area contributed by atoms with Crippen LogP contribution in [0.15, 0.2) is 81.9 Å². The molecule has 0 spiro atoms. The number of halogens is 3. The minimum absolute atomic E-state index is 0.241. The topological polar surface area (TPSA) is 47.9 Å². The Balaban J connectivity index is 1.60. The van der Waals surface area contributed by atoms with Gasteiger partial charge in [-0.2, -0.15) is 0 Å². The van der Waals surface area contributed by atoms with Crippen molar-refractivity contribution in [2.24, 2.45) is 4.99 Å². The normalized spacial score (nSPS) is 14.6. The molecule has 150 valence electrons. The van der Waals surface area contributed by atoms with E-state index in [0.29, 0.717) is 18.3 Å². The van der Waals surface area contributed by atoms with Crippen LogP contribution in [0.5, 0.6) is 5.75 Å². The van der Waals surface area contributed by atoms with Crippen LogP contribution in [0.4, 0.5) is 0 Å². The van der Waals surface area contributed by atoms with Crippen molar-refractivity contribution in [2.45, 2.75) is 6.61 Å². The summed E-state index contributed by atoms with van der Waals surface area (Å²) in [6.45, 7) is 0.439. The first-order chi connectivity index (χ1) is 14.5. The average molecular weight is 686 g/mol. The summed E-state index contributed by atoms with van der Waals surface area (Å²) < 4.78 is 14.6. The fraction of sp³-hybridized carbons (Fsp3) is 0.0435. The lowest BCUT2D eigenvalue weighted by Crippen LogP contribution is -2.05. The van der Waals surface area contributed by atoms with E-state index in [1.54, 1.807) is 6.08 Å². The first-order valence-electron chi connectivity index (χ1n) is 8.94. The highest BCUT2D eigenvalue weighted by molar-refractivity contribution is 14.1. The second kappa shape index (κ2) is 9.61. The monoisotopic (exact) mass is 685 g/mol. The van der Waals surface area contributed by atoms with Gasteiger partial charge < -0.3 is 9.47 Å². The number of carbonyl (C=O) groups excluding carboxylic acids is 1. The summed E-state index contributed by atoms with van der Waals surface area (Å²) in [6.07, 6.45) is 1.70. The van der Waals surface area contributed by atoms with Gasteiger partial charge in [0.25, 0.3) is 0 Å². The van der Waals surface area contributed by atoms with Crippen molar-refractivity contribution < 1.29 is 14.3 Å². The Morgan fingerprint density at radius 1 is 1.00 bits per heavy atom. The molecule has 4 nitrogen and oxygen atoms in total. The van der Waals surface area contributed by atoms with Crippen molar-refractivity contribution in [3.63, 3.8) is 0 Å². The van der Waals surface area contributed by atoms with Gasteiger partial charge in [-0.25, -0.2) is 9.79 Å². The number of benzene rings is 3. The van der Waals surface area contributed by atoms with Crippen molar-refractivity contribution in [3.8, 4) is 5.75 Å². The molecular weight excluding hydrogens is 672 g/mol. The number of aliphatic imine (C=N–C) groups is 1. The fourth-order valence-electron chi connectivity index (χ4n) is 2.81. The third-order valence-corrected chi connectivity index (χ3v) is 7.73. The number of ether oxygens (including phenoxy) is 2. The van der Waals surface area contributed by atoms with Gasteiger partial charge in [-0.15, -0.1) is 0 Å². The Hall–Kier alpha value is -1.72. The molecule has 0 saturated carbocycles. The van der Waals surface area contributed by atoms with Crippen LogP contribution in [0.1, 0.15) is 16.7 Å². The van der Waals surface area contributed by atoms with E-state index in [4.69, 9.17) is 9.47 Å². The maximum absolute atomic E-state index is 12.4. The van der Waals surface area contributed by atoms with Gasteiger partial charge in [0, 0.05) is 28.3 Å². The zero-order chi connectivity index (χ0) is 21.1. The lowest BCUT2D eigenvalue weighted by atomic mass is 10.1. The maximum atomic E-state index is 12.4. The minimum atomic E-state index is -0.480. The molecule has 1 aliphatic rings. The average Bonchev–Trinajstić information content (AvgIpc) is 3.11. The van der Waals surface area contributed by atoms with Crippen LogP contribution >= 0.6 is 61.1 Å². The molecule has 0 N–H and O–H groups in total. The van der Waals surface area contributed by atoms with E-state index < -0.39 is 5.97 Å². The summed E-state index contributed by atoms with van der Waals surface area (Å²) in [5.41, 5.74) is 2.85. The van der Waals surface area contributed by atoms with E-state index in [1.807, 2.05) is 66.7 Å². The zero-order valence-electron chi connectivity index (χ0n) is 15.4. The number of esters is 1. The lowest BCUT2D eigenvalue weighted by molar-refractivity contribution is -0.129. The standard InChI is InChI=1S/C23H14BrI2NO3/c24-17-11-15(9-10-19(17)26)22-27-20(23(28)30-22)12-14-5-2-4-8-21(14)29-13-16-6-1-3-7-18(16)25/h1-12H,13H2/b20-12-. The van der Waals surface area contributed by atoms with E-state index in [0.717, 1.165) is 28.3 Å². The number of cyclic esters (lactones) is 1. The van der Waals surface area contributed by atoms with Gasteiger partial charge in [0.15, 0.2) is 5.70 Å². The molecule has 0 atom stereocenters. The molecule has 0 radical (unpaired) electrons. The van der Waals surface area contributed by atoms with Gasteiger partial charge in [-0.1, -0.05) is 36.4 Å². The highest BCUT2D eigenvalue weighted by atomic mass is 127. The van der Waals surface area contributed by atoms with Crippen LogP contribution in [0.3, 0.4) is 0 Å². The number of rotatable bonds is 5. The third kappa shape index (κ3) is 4.94. The Bertz CT molecular complexity index is 1190. The number of hydrogen-bond donors (Lipinski definition) is 0. The highest BCUT2D eigenvalue weighted by Crippen LogP contribution is 2.27. The summed E-state index contributed by atoms with van der Waals surface area (Å²) in [5.74, 6) is 0.491. The Morgan fingerprint density at radius 3 is 2.57 bits per heavy atom. The first kappa shape index (κ1) is 21.5. The molecule has 3 aromatic rings. The second-order valence-corrected chi connectivity index (χ2v) is 9.56. The number of carbonyl (C=O) groups is 1. The SMILES string of the molecule is O=C1OC(c2ccc(I)c(Br)c2)=N/C1=C\c1ccccc1OCc1ccccc1I. The van der Waals surface area contributed by atoms with Crippen molar-refractivity contribution in [1.82, 2.24) is 0 Å². The van der Waals surface area contributed by atoms with E-state index >= 15 is 0 Å². The minimum Gasteiger partial charge on any atom is -0.488 e. The van der Waals surface area contributed by atoms with Gasteiger partial charge in [0.05, 0.1) is 0 Å². The Kier molecular flexibility index (Phi) is 6.89. The van der Waals surface area contributed by atoms with E-state index in [9.17, 15) is 4.79 Å². The summed E-state index contributed by atoms with van der Waals surface area (Å²) in [7, 11) is 0.